The molecule has 1 unspecified atom stereocenters. The fourth-order valence-electron chi connectivity index (χ4n) is 1.63. The Bertz CT molecular complexity index is 417. The van der Waals surface area contributed by atoms with Crippen LogP contribution < -0.4 is 5.32 Å². The Hall–Kier alpha value is -0.180. The zero-order valence-electron chi connectivity index (χ0n) is 11.6. The predicted octanol–water partition coefficient (Wildman–Crippen LogP) is 4.34. The van der Waals surface area contributed by atoms with Crippen molar-refractivity contribution in [2.24, 2.45) is 0 Å². The monoisotopic (exact) mass is 391 g/mol. The van der Waals surface area contributed by atoms with Crippen molar-refractivity contribution in [1.82, 2.24) is 5.32 Å². The molecule has 0 aliphatic carbocycles. The lowest BCUT2D eigenvalue weighted by Crippen LogP contribution is -2.39. The van der Waals surface area contributed by atoms with Gasteiger partial charge in [-0.15, -0.1) is 11.3 Å². The highest BCUT2D eigenvalue weighted by molar-refractivity contribution is 9.10. The molecule has 0 saturated heterocycles. The lowest BCUT2D eigenvalue weighted by Gasteiger charge is -2.21. The van der Waals surface area contributed by atoms with E-state index in [1.54, 1.807) is 11.3 Å². The molecule has 1 heterocycles. The van der Waals surface area contributed by atoms with Crippen molar-refractivity contribution in [3.8, 4) is 0 Å². The third-order valence-electron chi connectivity index (χ3n) is 2.74. The van der Waals surface area contributed by atoms with Gasteiger partial charge in [-0.3, -0.25) is 0 Å². The minimum Gasteiger partial charge on any atom is -0.373 e. The van der Waals surface area contributed by atoms with Crippen LogP contribution >= 0.6 is 27.3 Å². The molecule has 1 atom stereocenters. The molecule has 2 nitrogen and oxygen atoms in total. The third kappa shape index (κ3) is 6.63. The van der Waals surface area contributed by atoms with Crippen LogP contribution in [0.15, 0.2) is 15.9 Å². The van der Waals surface area contributed by atoms with Crippen molar-refractivity contribution in [1.29, 1.82) is 0 Å². The maximum absolute atomic E-state index is 12.8. The number of nitrogens with one attached hydrogen (secondary N) is 1. The van der Waals surface area contributed by atoms with Gasteiger partial charge < -0.3 is 10.1 Å². The van der Waals surface area contributed by atoms with Crippen molar-refractivity contribution in [2.75, 3.05) is 19.8 Å². The first-order chi connectivity index (χ1) is 9.86. The van der Waals surface area contributed by atoms with E-state index in [4.69, 9.17) is 4.74 Å². The van der Waals surface area contributed by atoms with Gasteiger partial charge in [0, 0.05) is 21.8 Å². The Morgan fingerprint density at radius 3 is 2.67 bits per heavy atom. The summed E-state index contributed by atoms with van der Waals surface area (Å²) >= 11 is 4.95. The molecule has 0 aromatic carbocycles. The highest BCUT2D eigenvalue weighted by atomic mass is 79.9. The fraction of sp³-hybridized carbons (Fsp3) is 0.692. The molecule has 0 saturated carbocycles. The number of alkyl halides is 4. The van der Waals surface area contributed by atoms with Crippen molar-refractivity contribution in [3.63, 3.8) is 0 Å². The van der Waals surface area contributed by atoms with E-state index in [-0.39, 0.29) is 12.6 Å². The lowest BCUT2D eigenvalue weighted by atomic mass is 10.2. The number of thiophene rings is 1. The van der Waals surface area contributed by atoms with E-state index < -0.39 is 19.0 Å². The molecule has 0 radical (unpaired) electrons. The summed E-state index contributed by atoms with van der Waals surface area (Å²) in [5.41, 5.74) is 0. The first kappa shape index (κ1) is 18.9. The van der Waals surface area contributed by atoms with Crippen LogP contribution in [-0.4, -0.2) is 38.1 Å². The molecule has 0 bridgehead atoms. The van der Waals surface area contributed by atoms with Gasteiger partial charge in [-0.2, -0.15) is 8.78 Å². The molecule has 0 aliphatic heterocycles. The lowest BCUT2D eigenvalue weighted by molar-refractivity contribution is -0.167. The Morgan fingerprint density at radius 2 is 2.14 bits per heavy atom. The standard InChI is InChI=1S/C13H18BrF4NOS/c1-2-4-19-9(6-11-10(14)3-5-21-11)7-20-8-13(17,18)12(15)16/h3,5,9,12,19H,2,4,6-8H2,1H3. The predicted molar refractivity (Wildman–Crippen MR) is 79.6 cm³/mol. The molecule has 122 valence electrons. The van der Waals surface area contributed by atoms with Crippen molar-refractivity contribution < 1.29 is 22.3 Å². The molecular weight excluding hydrogens is 374 g/mol. The van der Waals surface area contributed by atoms with Crippen molar-refractivity contribution in [3.05, 3.63) is 20.8 Å². The van der Waals surface area contributed by atoms with Gasteiger partial charge in [0.05, 0.1) is 6.61 Å². The van der Waals surface area contributed by atoms with Gasteiger partial charge in [-0.05, 0) is 40.3 Å². The van der Waals surface area contributed by atoms with E-state index in [0.717, 1.165) is 15.8 Å². The maximum Gasteiger partial charge on any atom is 0.330 e. The molecule has 0 fully saturated rings. The van der Waals surface area contributed by atoms with E-state index in [9.17, 15) is 17.6 Å². The molecule has 0 aliphatic rings. The summed E-state index contributed by atoms with van der Waals surface area (Å²) in [7, 11) is 0. The third-order valence-corrected chi connectivity index (χ3v) is 4.69. The summed E-state index contributed by atoms with van der Waals surface area (Å²) in [5.74, 6) is -4.10. The Labute approximate surface area is 134 Å². The van der Waals surface area contributed by atoms with Gasteiger partial charge in [0.2, 0.25) is 0 Å². The molecule has 1 N–H and O–H groups in total. The van der Waals surface area contributed by atoms with Gasteiger partial charge in [-0.1, -0.05) is 6.92 Å². The second kappa shape index (κ2) is 9.07. The van der Waals surface area contributed by atoms with Crippen molar-refractivity contribution >= 4 is 27.3 Å². The summed E-state index contributed by atoms with van der Waals surface area (Å²) in [6.07, 6.45) is -2.22. The van der Waals surface area contributed by atoms with Gasteiger partial charge in [0.25, 0.3) is 0 Å². The average molecular weight is 392 g/mol. The average Bonchev–Trinajstić information content (AvgIpc) is 2.81. The number of hydrogen-bond donors (Lipinski definition) is 1. The maximum atomic E-state index is 12.8. The summed E-state index contributed by atoms with van der Waals surface area (Å²) in [6, 6.07) is 1.72. The van der Waals surface area contributed by atoms with Gasteiger partial charge in [-0.25, -0.2) is 8.78 Å². The largest absolute Gasteiger partial charge is 0.373 e. The fourth-order valence-corrected chi connectivity index (χ4v) is 3.23. The molecule has 1 rings (SSSR count). The van der Waals surface area contributed by atoms with Crippen LogP contribution in [0, 0.1) is 0 Å². The van der Waals surface area contributed by atoms with E-state index >= 15 is 0 Å². The first-order valence-corrected chi connectivity index (χ1v) is 8.23. The van der Waals surface area contributed by atoms with Crippen LogP contribution in [0.5, 0.6) is 0 Å². The summed E-state index contributed by atoms with van der Waals surface area (Å²) in [6.45, 7) is 1.40. The molecule has 8 heteroatoms. The summed E-state index contributed by atoms with van der Waals surface area (Å²) in [5, 5.41) is 5.10. The zero-order chi connectivity index (χ0) is 15.9. The first-order valence-electron chi connectivity index (χ1n) is 6.55. The van der Waals surface area contributed by atoms with Crippen LogP contribution in [0.1, 0.15) is 18.2 Å². The number of rotatable bonds is 10. The van der Waals surface area contributed by atoms with E-state index in [1.807, 2.05) is 18.4 Å². The second-order valence-electron chi connectivity index (χ2n) is 4.62. The van der Waals surface area contributed by atoms with E-state index in [2.05, 4.69) is 21.2 Å². The minimum absolute atomic E-state index is 0.0351. The Kier molecular flexibility index (Phi) is 8.15. The Morgan fingerprint density at radius 1 is 1.43 bits per heavy atom. The highest BCUT2D eigenvalue weighted by Crippen LogP contribution is 2.25. The quantitative estimate of drug-likeness (QED) is 0.599. The molecule has 1 aromatic rings. The normalized spacial score (nSPS) is 13.9. The van der Waals surface area contributed by atoms with E-state index in [0.29, 0.717) is 13.0 Å². The topological polar surface area (TPSA) is 21.3 Å². The smallest absolute Gasteiger partial charge is 0.330 e. The van der Waals surface area contributed by atoms with Gasteiger partial charge >= 0.3 is 12.3 Å². The van der Waals surface area contributed by atoms with Gasteiger partial charge in [0.15, 0.2) is 0 Å². The zero-order valence-corrected chi connectivity index (χ0v) is 14.0. The molecule has 0 amide bonds. The molecule has 0 spiro atoms. The highest BCUT2D eigenvalue weighted by Gasteiger charge is 2.41. The van der Waals surface area contributed by atoms with E-state index in [1.165, 1.54) is 0 Å². The summed E-state index contributed by atoms with van der Waals surface area (Å²) < 4.78 is 55.4. The summed E-state index contributed by atoms with van der Waals surface area (Å²) in [4.78, 5) is 1.06. The van der Waals surface area contributed by atoms with Gasteiger partial charge in [0.1, 0.15) is 6.61 Å². The van der Waals surface area contributed by atoms with Crippen LogP contribution in [0.3, 0.4) is 0 Å². The Balaban J connectivity index is 2.48. The second-order valence-corrected chi connectivity index (χ2v) is 6.48. The van der Waals surface area contributed by atoms with Crippen LogP contribution in [0.2, 0.25) is 0 Å². The number of hydrogen-bond acceptors (Lipinski definition) is 3. The van der Waals surface area contributed by atoms with Crippen LogP contribution in [0.25, 0.3) is 0 Å². The molecule has 21 heavy (non-hydrogen) atoms. The van der Waals surface area contributed by atoms with Crippen LogP contribution in [0.4, 0.5) is 17.6 Å². The number of halogens is 5. The van der Waals surface area contributed by atoms with Crippen molar-refractivity contribution in [2.45, 2.75) is 38.2 Å². The SMILES string of the molecule is CCCNC(COCC(F)(F)C(F)F)Cc1sccc1Br. The molecule has 1 aromatic heterocycles. The number of ether oxygens (including phenoxy) is 1. The molecular formula is C13H18BrF4NOS. The van der Waals surface area contributed by atoms with Crippen LogP contribution in [-0.2, 0) is 11.2 Å². The minimum atomic E-state index is -4.10.